The number of methoxy groups -OCH3 is 1. The minimum Gasteiger partial charge on any atom is -0.495 e. The van der Waals surface area contributed by atoms with E-state index in [2.05, 4.69) is 17.4 Å². The summed E-state index contributed by atoms with van der Waals surface area (Å²) in [5.41, 5.74) is 6.55. The van der Waals surface area contributed by atoms with Gasteiger partial charge in [-0.15, -0.1) is 0 Å². The Morgan fingerprint density at radius 1 is 1.48 bits per heavy atom. The summed E-state index contributed by atoms with van der Waals surface area (Å²) in [6.07, 6.45) is 3.02. The van der Waals surface area contributed by atoms with E-state index in [1.54, 1.807) is 18.2 Å². The molecular weight excluding hydrogens is 270 g/mol. The smallest absolute Gasteiger partial charge is 0.227 e. The molecule has 0 heterocycles. The Bertz CT molecular complexity index is 557. The summed E-state index contributed by atoms with van der Waals surface area (Å²) in [6.45, 7) is 2.09. The number of rotatable bonds is 4. The van der Waals surface area contributed by atoms with E-state index >= 15 is 0 Å². The van der Waals surface area contributed by atoms with Gasteiger partial charge >= 0.3 is 0 Å². The Balaban J connectivity index is 2.31. The van der Waals surface area contributed by atoms with Crippen LogP contribution in [0.1, 0.15) is 31.7 Å². The molecule has 2 unspecified atom stereocenters. The van der Waals surface area contributed by atoms with Crippen LogP contribution in [0.3, 0.4) is 0 Å². The highest BCUT2D eigenvalue weighted by atomic mass is 16.5. The molecule has 0 saturated heterocycles. The van der Waals surface area contributed by atoms with Crippen LogP contribution in [0.4, 0.5) is 5.69 Å². The maximum Gasteiger partial charge on any atom is 0.227 e. The molecule has 1 aliphatic carbocycles. The van der Waals surface area contributed by atoms with Crippen molar-refractivity contribution in [2.75, 3.05) is 12.4 Å². The molecule has 2 rings (SSSR count). The van der Waals surface area contributed by atoms with Crippen molar-refractivity contribution in [2.24, 2.45) is 22.7 Å². The predicted molar refractivity (Wildman–Crippen MR) is 80.6 cm³/mol. The van der Waals surface area contributed by atoms with Crippen molar-refractivity contribution in [3.05, 3.63) is 23.8 Å². The zero-order valence-corrected chi connectivity index (χ0v) is 12.3. The number of amides is 1. The first-order valence-electron chi connectivity index (χ1n) is 7.04. The van der Waals surface area contributed by atoms with E-state index < -0.39 is 0 Å². The molecule has 6 heteroatoms. The molecule has 0 bridgehead atoms. The molecule has 1 fully saturated rings. The Kier molecular flexibility index (Phi) is 4.67. The third-order valence-electron chi connectivity index (χ3n) is 4.08. The largest absolute Gasteiger partial charge is 0.495 e. The maximum absolute atomic E-state index is 12.4. The number of hydrogen-bond donors (Lipinski definition) is 3. The molecule has 1 aliphatic rings. The Hall–Kier alpha value is -2.24. The topological polar surface area (TPSA) is 96.9 Å². The van der Waals surface area contributed by atoms with Gasteiger partial charge in [-0.3, -0.25) is 4.79 Å². The van der Waals surface area contributed by atoms with Crippen molar-refractivity contribution in [1.29, 1.82) is 0 Å². The Morgan fingerprint density at radius 3 is 2.81 bits per heavy atom. The summed E-state index contributed by atoms with van der Waals surface area (Å²) >= 11 is 0. The number of oxime groups is 1. The van der Waals surface area contributed by atoms with Crippen LogP contribution in [-0.4, -0.2) is 24.1 Å². The maximum atomic E-state index is 12.4. The monoisotopic (exact) mass is 291 g/mol. The number of benzene rings is 1. The standard InChI is InChI=1S/C15H21N3O3/c1-9-5-3-6-10(9)15(19)17-13-11(14(16)18-20)7-4-8-12(13)21-2/h4,7-10,20H,3,5-6H2,1-2H3,(H2,16,18)(H,17,19). The highest BCUT2D eigenvalue weighted by molar-refractivity contribution is 6.07. The molecule has 6 nitrogen and oxygen atoms in total. The third-order valence-corrected chi connectivity index (χ3v) is 4.08. The van der Waals surface area contributed by atoms with Crippen molar-refractivity contribution < 1.29 is 14.7 Å². The Labute approximate surface area is 124 Å². The average Bonchev–Trinajstić information content (AvgIpc) is 2.92. The number of anilines is 1. The lowest BCUT2D eigenvalue weighted by atomic mass is 9.97. The first kappa shape index (κ1) is 15.2. The second kappa shape index (κ2) is 6.47. The van der Waals surface area contributed by atoms with Gasteiger partial charge in [0.05, 0.1) is 12.8 Å². The summed E-state index contributed by atoms with van der Waals surface area (Å²) in [7, 11) is 1.51. The number of amidine groups is 1. The van der Waals surface area contributed by atoms with Gasteiger partial charge in [0.1, 0.15) is 5.75 Å². The first-order valence-corrected chi connectivity index (χ1v) is 7.04. The molecule has 0 spiro atoms. The molecule has 0 aliphatic heterocycles. The lowest BCUT2D eigenvalue weighted by Gasteiger charge is -2.18. The molecule has 4 N–H and O–H groups in total. The number of ether oxygens (including phenoxy) is 1. The van der Waals surface area contributed by atoms with E-state index in [9.17, 15) is 4.79 Å². The second-order valence-corrected chi connectivity index (χ2v) is 5.37. The van der Waals surface area contributed by atoms with Crippen molar-refractivity contribution in [3.63, 3.8) is 0 Å². The van der Waals surface area contributed by atoms with Gasteiger partial charge in [-0.2, -0.15) is 0 Å². The minimum absolute atomic E-state index is 0.00458. The molecule has 0 radical (unpaired) electrons. The molecule has 1 aromatic rings. The van der Waals surface area contributed by atoms with Crippen LogP contribution in [0.2, 0.25) is 0 Å². The summed E-state index contributed by atoms with van der Waals surface area (Å²) in [5, 5.41) is 14.8. The van der Waals surface area contributed by atoms with Crippen LogP contribution in [0.15, 0.2) is 23.4 Å². The number of carbonyl (C=O) groups excluding carboxylic acids is 1. The predicted octanol–water partition coefficient (Wildman–Crippen LogP) is 2.16. The van der Waals surface area contributed by atoms with Crippen LogP contribution in [0.25, 0.3) is 0 Å². The number of nitrogens with one attached hydrogen (secondary N) is 1. The van der Waals surface area contributed by atoms with E-state index in [1.165, 1.54) is 7.11 Å². The van der Waals surface area contributed by atoms with Gasteiger partial charge in [0.15, 0.2) is 5.84 Å². The van der Waals surface area contributed by atoms with E-state index in [0.29, 0.717) is 22.9 Å². The van der Waals surface area contributed by atoms with Gasteiger partial charge in [-0.25, -0.2) is 0 Å². The van der Waals surface area contributed by atoms with Crippen molar-refractivity contribution in [3.8, 4) is 5.75 Å². The highest BCUT2D eigenvalue weighted by Crippen LogP contribution is 2.34. The molecule has 2 atom stereocenters. The Morgan fingerprint density at radius 2 is 2.24 bits per heavy atom. The lowest BCUT2D eigenvalue weighted by Crippen LogP contribution is -2.26. The molecule has 1 saturated carbocycles. The summed E-state index contributed by atoms with van der Waals surface area (Å²) < 4.78 is 5.26. The molecule has 114 valence electrons. The second-order valence-electron chi connectivity index (χ2n) is 5.37. The molecule has 0 aromatic heterocycles. The first-order chi connectivity index (χ1) is 10.1. The van der Waals surface area contributed by atoms with Gasteiger partial charge in [-0.1, -0.05) is 24.6 Å². The van der Waals surface area contributed by atoms with Crippen LogP contribution in [0.5, 0.6) is 5.75 Å². The van der Waals surface area contributed by atoms with Crippen LogP contribution in [0, 0.1) is 11.8 Å². The van der Waals surface area contributed by atoms with Crippen molar-refractivity contribution >= 4 is 17.4 Å². The quantitative estimate of drug-likeness (QED) is 0.343. The van der Waals surface area contributed by atoms with E-state index in [-0.39, 0.29) is 17.7 Å². The summed E-state index contributed by atoms with van der Waals surface area (Å²) in [4.78, 5) is 12.4. The van der Waals surface area contributed by atoms with E-state index in [0.717, 1.165) is 19.3 Å². The van der Waals surface area contributed by atoms with Crippen molar-refractivity contribution in [1.82, 2.24) is 0 Å². The highest BCUT2D eigenvalue weighted by Gasteiger charge is 2.30. The van der Waals surface area contributed by atoms with Crippen LogP contribution in [-0.2, 0) is 4.79 Å². The molecule has 1 amide bonds. The van der Waals surface area contributed by atoms with Crippen LogP contribution >= 0.6 is 0 Å². The number of nitrogens with two attached hydrogens (primary N) is 1. The van der Waals surface area contributed by atoms with Gasteiger partial charge in [0.2, 0.25) is 5.91 Å². The van der Waals surface area contributed by atoms with Crippen LogP contribution < -0.4 is 15.8 Å². The van der Waals surface area contributed by atoms with Gasteiger partial charge in [0.25, 0.3) is 0 Å². The lowest BCUT2D eigenvalue weighted by molar-refractivity contribution is -0.120. The van der Waals surface area contributed by atoms with Gasteiger partial charge < -0.3 is 21.0 Å². The minimum atomic E-state index is -0.0660. The molecule has 21 heavy (non-hydrogen) atoms. The zero-order valence-electron chi connectivity index (χ0n) is 12.3. The van der Waals surface area contributed by atoms with Crippen molar-refractivity contribution in [2.45, 2.75) is 26.2 Å². The fourth-order valence-corrected chi connectivity index (χ4v) is 2.85. The van der Waals surface area contributed by atoms with E-state index in [1.807, 2.05) is 0 Å². The normalized spacial score (nSPS) is 22.1. The number of nitrogens with zero attached hydrogens (tertiary/aromatic N) is 1. The summed E-state index contributed by atoms with van der Waals surface area (Å²) in [5.74, 6) is 0.736. The average molecular weight is 291 g/mol. The fourth-order valence-electron chi connectivity index (χ4n) is 2.85. The SMILES string of the molecule is COc1cccc(/C(N)=N/O)c1NC(=O)C1CCCC1C. The zero-order chi connectivity index (χ0) is 15.4. The molecular formula is C15H21N3O3. The number of carbonyl (C=O) groups is 1. The number of para-hydroxylation sites is 1. The summed E-state index contributed by atoms with van der Waals surface area (Å²) in [6, 6.07) is 5.12. The number of hydrogen-bond acceptors (Lipinski definition) is 4. The van der Waals surface area contributed by atoms with Gasteiger partial charge in [-0.05, 0) is 30.9 Å². The third kappa shape index (κ3) is 3.09. The van der Waals surface area contributed by atoms with Gasteiger partial charge in [0, 0.05) is 11.5 Å². The molecule has 1 aromatic carbocycles. The fraction of sp³-hybridized carbons (Fsp3) is 0.467. The van der Waals surface area contributed by atoms with E-state index in [4.69, 9.17) is 15.7 Å².